The molecule has 192 valence electrons. The van der Waals surface area contributed by atoms with Crippen molar-refractivity contribution in [3.05, 3.63) is 97.3 Å². The molecule has 1 aliphatic heterocycles. The molecular formula is C29H27BrClNO4S. The summed E-state index contributed by atoms with van der Waals surface area (Å²) in [5.74, 6) is 1.36. The number of carbonyl (C=O) groups is 2. The van der Waals surface area contributed by atoms with Crippen LogP contribution in [-0.2, 0) is 11.4 Å². The maximum atomic E-state index is 13.1. The summed E-state index contributed by atoms with van der Waals surface area (Å²) in [4.78, 5) is 27.3. The van der Waals surface area contributed by atoms with E-state index in [2.05, 4.69) is 41.9 Å². The molecule has 0 atom stereocenters. The van der Waals surface area contributed by atoms with E-state index in [0.29, 0.717) is 33.8 Å². The summed E-state index contributed by atoms with van der Waals surface area (Å²) in [7, 11) is 0. The number of hydrogen-bond donors (Lipinski definition) is 0. The van der Waals surface area contributed by atoms with Crippen molar-refractivity contribution in [2.24, 2.45) is 0 Å². The predicted molar refractivity (Wildman–Crippen MR) is 153 cm³/mol. The molecule has 3 aromatic rings. The molecule has 37 heavy (non-hydrogen) atoms. The van der Waals surface area contributed by atoms with Gasteiger partial charge in [0.25, 0.3) is 11.1 Å². The van der Waals surface area contributed by atoms with E-state index in [1.807, 2.05) is 55.5 Å². The Morgan fingerprint density at radius 1 is 1.00 bits per heavy atom. The minimum atomic E-state index is -0.337. The second-order valence-corrected chi connectivity index (χ2v) is 11.3. The van der Waals surface area contributed by atoms with Gasteiger partial charge in [-0.05, 0) is 83.8 Å². The average Bonchev–Trinajstić information content (AvgIpc) is 3.12. The van der Waals surface area contributed by atoms with Crippen molar-refractivity contribution in [1.82, 2.24) is 4.90 Å². The van der Waals surface area contributed by atoms with Crippen LogP contribution in [0.4, 0.5) is 4.79 Å². The van der Waals surface area contributed by atoms with Crippen LogP contribution in [0, 0.1) is 6.92 Å². The smallest absolute Gasteiger partial charge is 0.293 e. The van der Waals surface area contributed by atoms with E-state index < -0.39 is 0 Å². The molecule has 0 aliphatic carbocycles. The lowest BCUT2D eigenvalue weighted by atomic mass is 10.0. The first-order valence-corrected chi connectivity index (χ1v) is 13.9. The number of imide groups is 1. The van der Waals surface area contributed by atoms with Crippen molar-refractivity contribution in [2.45, 2.75) is 33.3 Å². The van der Waals surface area contributed by atoms with Crippen LogP contribution in [0.5, 0.6) is 11.5 Å². The second-order valence-electron chi connectivity index (χ2n) is 8.98. The molecule has 1 heterocycles. The van der Waals surface area contributed by atoms with E-state index in [1.54, 1.807) is 6.08 Å². The summed E-state index contributed by atoms with van der Waals surface area (Å²) < 4.78 is 12.9. The number of rotatable bonds is 9. The Balaban J connectivity index is 1.45. The minimum absolute atomic E-state index is 0.173. The van der Waals surface area contributed by atoms with Gasteiger partial charge in [-0.2, -0.15) is 0 Å². The van der Waals surface area contributed by atoms with Gasteiger partial charge in [0, 0.05) is 15.1 Å². The Labute approximate surface area is 234 Å². The largest absolute Gasteiger partial charge is 0.491 e. The van der Waals surface area contributed by atoms with Gasteiger partial charge in [0.2, 0.25) is 0 Å². The normalized spacial score (nSPS) is 14.6. The number of nitrogens with zero attached hydrogens (tertiary/aromatic N) is 1. The fourth-order valence-electron chi connectivity index (χ4n) is 3.83. The third-order valence-corrected chi connectivity index (χ3v) is 7.46. The molecule has 5 nitrogen and oxygen atoms in total. The average molecular weight is 601 g/mol. The molecule has 3 aromatic carbocycles. The van der Waals surface area contributed by atoms with E-state index >= 15 is 0 Å². The number of aryl methyl sites for hydroxylation is 1. The molecule has 1 fully saturated rings. The molecule has 0 unspecified atom stereocenters. The van der Waals surface area contributed by atoms with Crippen LogP contribution in [0.2, 0.25) is 5.02 Å². The van der Waals surface area contributed by atoms with Crippen LogP contribution in [0.1, 0.15) is 42.0 Å². The van der Waals surface area contributed by atoms with E-state index in [4.69, 9.17) is 21.1 Å². The van der Waals surface area contributed by atoms with E-state index in [9.17, 15) is 9.59 Å². The molecule has 2 amide bonds. The van der Waals surface area contributed by atoms with Crippen molar-refractivity contribution in [3.8, 4) is 11.5 Å². The zero-order valence-corrected chi connectivity index (χ0v) is 24.0. The summed E-state index contributed by atoms with van der Waals surface area (Å²) in [5, 5.41) is 0.347. The first-order valence-electron chi connectivity index (χ1n) is 11.9. The van der Waals surface area contributed by atoms with E-state index in [0.717, 1.165) is 38.7 Å². The molecule has 1 saturated heterocycles. The van der Waals surface area contributed by atoms with Crippen LogP contribution >= 0.6 is 39.3 Å². The van der Waals surface area contributed by atoms with Crippen molar-refractivity contribution in [1.29, 1.82) is 0 Å². The lowest BCUT2D eigenvalue weighted by Crippen LogP contribution is -2.32. The number of thioether (sulfide) groups is 1. The highest BCUT2D eigenvalue weighted by molar-refractivity contribution is 9.10. The monoisotopic (exact) mass is 599 g/mol. The molecule has 8 heteroatoms. The van der Waals surface area contributed by atoms with Gasteiger partial charge in [0.15, 0.2) is 0 Å². The zero-order chi connectivity index (χ0) is 26.5. The Hall–Kier alpha value is -2.74. The molecule has 0 radical (unpaired) electrons. The molecule has 4 rings (SSSR count). The number of ether oxygens (including phenoxy) is 2. The number of carbonyl (C=O) groups excluding carboxylic acids is 2. The van der Waals surface area contributed by atoms with Gasteiger partial charge in [-0.25, -0.2) is 0 Å². The third kappa shape index (κ3) is 6.98. The highest BCUT2D eigenvalue weighted by atomic mass is 79.9. The predicted octanol–water partition coefficient (Wildman–Crippen LogP) is 8.23. The van der Waals surface area contributed by atoms with Crippen molar-refractivity contribution >= 4 is 56.5 Å². The lowest BCUT2D eigenvalue weighted by Gasteiger charge is -2.17. The Kier molecular flexibility index (Phi) is 9.00. The van der Waals surface area contributed by atoms with Crippen LogP contribution in [0.25, 0.3) is 6.08 Å². The molecule has 0 aromatic heterocycles. The Morgan fingerprint density at radius 2 is 1.76 bits per heavy atom. The van der Waals surface area contributed by atoms with Crippen LogP contribution in [0.3, 0.4) is 0 Å². The highest BCUT2D eigenvalue weighted by Crippen LogP contribution is 2.35. The summed E-state index contributed by atoms with van der Waals surface area (Å²) in [5.41, 5.74) is 3.86. The fourth-order valence-corrected chi connectivity index (χ4v) is 5.19. The van der Waals surface area contributed by atoms with Gasteiger partial charge in [0.1, 0.15) is 24.7 Å². The molecular weight excluding hydrogens is 574 g/mol. The summed E-state index contributed by atoms with van der Waals surface area (Å²) in [6, 6.07) is 19.1. The van der Waals surface area contributed by atoms with Crippen molar-refractivity contribution in [3.63, 3.8) is 0 Å². The number of hydrogen-bond acceptors (Lipinski definition) is 5. The first-order chi connectivity index (χ1) is 17.7. The standard InChI is InChI=1S/C29H27BrClNO4S/c1-18(2)24-10-4-19(3)14-26(24)35-13-12-32-28(33)27(37-29(32)34)16-21-15-22(30)7-11-25(21)36-17-20-5-8-23(31)9-6-20/h4-11,14-16,18H,12-13,17H2,1-3H3/b27-16-. The van der Waals surface area contributed by atoms with Gasteiger partial charge >= 0.3 is 0 Å². The number of benzene rings is 3. The molecule has 0 saturated carbocycles. The van der Waals surface area contributed by atoms with E-state index in [-0.39, 0.29) is 24.3 Å². The molecule has 0 bridgehead atoms. The first kappa shape index (κ1) is 27.3. The lowest BCUT2D eigenvalue weighted by molar-refractivity contribution is -0.123. The van der Waals surface area contributed by atoms with Crippen molar-refractivity contribution < 1.29 is 19.1 Å². The Bertz CT molecular complexity index is 1340. The van der Waals surface area contributed by atoms with Gasteiger partial charge in [-0.15, -0.1) is 0 Å². The van der Waals surface area contributed by atoms with Crippen LogP contribution in [0.15, 0.2) is 70.0 Å². The summed E-state index contributed by atoms with van der Waals surface area (Å²) in [6.07, 6.45) is 1.70. The fraction of sp³-hybridized carbons (Fsp3) is 0.241. The van der Waals surface area contributed by atoms with Gasteiger partial charge < -0.3 is 9.47 Å². The Morgan fingerprint density at radius 3 is 2.49 bits per heavy atom. The van der Waals surface area contributed by atoms with Crippen LogP contribution in [-0.4, -0.2) is 29.2 Å². The van der Waals surface area contributed by atoms with Crippen molar-refractivity contribution in [2.75, 3.05) is 13.2 Å². The van der Waals surface area contributed by atoms with Gasteiger partial charge in [0.05, 0.1) is 11.4 Å². The maximum Gasteiger partial charge on any atom is 0.293 e. The molecule has 1 aliphatic rings. The highest BCUT2D eigenvalue weighted by Gasteiger charge is 2.35. The number of amides is 2. The maximum absolute atomic E-state index is 13.1. The number of halogens is 2. The zero-order valence-electron chi connectivity index (χ0n) is 20.8. The molecule has 0 N–H and O–H groups in total. The van der Waals surface area contributed by atoms with Crippen LogP contribution < -0.4 is 9.47 Å². The van der Waals surface area contributed by atoms with Gasteiger partial charge in [-0.3, -0.25) is 14.5 Å². The summed E-state index contributed by atoms with van der Waals surface area (Å²) in [6.45, 7) is 6.96. The van der Waals surface area contributed by atoms with Gasteiger partial charge in [-0.1, -0.05) is 65.6 Å². The minimum Gasteiger partial charge on any atom is -0.491 e. The quantitative estimate of drug-likeness (QED) is 0.232. The topological polar surface area (TPSA) is 55.8 Å². The summed E-state index contributed by atoms with van der Waals surface area (Å²) >= 11 is 10.4. The SMILES string of the molecule is Cc1ccc(C(C)C)c(OCCN2C(=O)S/C(=C\c3cc(Br)ccc3OCc3ccc(Cl)cc3)C2=O)c1. The van der Waals surface area contributed by atoms with E-state index in [1.165, 1.54) is 4.90 Å². The second kappa shape index (κ2) is 12.2. The third-order valence-electron chi connectivity index (χ3n) is 5.80. The molecule has 0 spiro atoms.